The lowest BCUT2D eigenvalue weighted by Crippen LogP contribution is -2.33. The zero-order valence-corrected chi connectivity index (χ0v) is 20.5. The van der Waals surface area contributed by atoms with Gasteiger partial charge in [0.1, 0.15) is 0 Å². The molecule has 1 amide bonds. The Bertz CT molecular complexity index is 1310. The molecule has 0 aromatic carbocycles. The molecule has 3 aromatic rings. The first-order valence-electron chi connectivity index (χ1n) is 12.4. The fourth-order valence-corrected chi connectivity index (χ4v) is 4.83. The molecule has 0 spiro atoms. The SMILES string of the molecule is Cc1cc2c(N3CCN[C@@H](C)CC3)c(C(=O)N[C@@H](C)c3cc(C#N)ccn3)cnc2c(C2CC2)n1. The second-order valence-electron chi connectivity index (χ2n) is 9.75. The van der Waals surface area contributed by atoms with Crippen molar-refractivity contribution >= 4 is 22.5 Å². The van der Waals surface area contributed by atoms with E-state index in [9.17, 15) is 10.1 Å². The van der Waals surface area contributed by atoms with Crippen molar-refractivity contribution in [2.24, 2.45) is 0 Å². The predicted molar refractivity (Wildman–Crippen MR) is 135 cm³/mol. The minimum absolute atomic E-state index is 0.196. The van der Waals surface area contributed by atoms with E-state index in [1.807, 2.05) is 13.8 Å². The Labute approximate surface area is 205 Å². The van der Waals surface area contributed by atoms with Gasteiger partial charge in [-0.3, -0.25) is 19.7 Å². The number of aromatic nitrogens is 3. The molecule has 8 nitrogen and oxygen atoms in total. The maximum absolute atomic E-state index is 13.7. The van der Waals surface area contributed by atoms with E-state index in [1.54, 1.807) is 24.5 Å². The molecule has 1 aliphatic carbocycles. The number of nitrogens with one attached hydrogen (secondary N) is 2. The second kappa shape index (κ2) is 9.59. The monoisotopic (exact) mass is 469 g/mol. The molecule has 180 valence electrons. The van der Waals surface area contributed by atoms with Crippen molar-refractivity contribution in [1.29, 1.82) is 5.26 Å². The third kappa shape index (κ3) is 4.82. The van der Waals surface area contributed by atoms with Crippen LogP contribution in [0.2, 0.25) is 0 Å². The number of anilines is 1. The first kappa shape index (κ1) is 23.2. The molecule has 1 saturated heterocycles. The predicted octanol–water partition coefficient (Wildman–Crippen LogP) is 3.76. The van der Waals surface area contributed by atoms with E-state index in [0.717, 1.165) is 66.9 Å². The van der Waals surface area contributed by atoms with Crippen LogP contribution < -0.4 is 15.5 Å². The standard InChI is InChI=1S/C27H31N7O/c1-16-7-10-34(11-9-29-16)26-21-12-17(2)32-24(20-4-5-20)25(21)31-15-22(26)27(35)33-18(3)23-13-19(14-28)6-8-30-23/h6,8,12-13,15-16,18,20,29H,4-5,7,9-11H2,1-3H3,(H,33,35)/t16-,18-/m0/s1. The van der Waals surface area contributed by atoms with Crippen molar-refractivity contribution in [2.75, 3.05) is 24.5 Å². The van der Waals surface area contributed by atoms with Crippen LogP contribution in [0.4, 0.5) is 5.69 Å². The zero-order valence-electron chi connectivity index (χ0n) is 20.5. The molecule has 2 atom stereocenters. The summed E-state index contributed by atoms with van der Waals surface area (Å²) in [6, 6.07) is 7.65. The summed E-state index contributed by atoms with van der Waals surface area (Å²) in [5.41, 5.74) is 5.57. The number of amides is 1. The van der Waals surface area contributed by atoms with E-state index in [4.69, 9.17) is 9.97 Å². The normalized spacial score (nSPS) is 19.1. The van der Waals surface area contributed by atoms with Crippen molar-refractivity contribution < 1.29 is 4.79 Å². The van der Waals surface area contributed by atoms with Crippen molar-refractivity contribution in [3.8, 4) is 6.07 Å². The Morgan fingerprint density at radius 1 is 1.26 bits per heavy atom. The molecule has 5 rings (SSSR count). The maximum Gasteiger partial charge on any atom is 0.255 e. The maximum atomic E-state index is 13.7. The molecular weight excluding hydrogens is 438 g/mol. The van der Waals surface area contributed by atoms with Crippen LogP contribution in [0.3, 0.4) is 0 Å². The average Bonchev–Trinajstić information content (AvgIpc) is 3.71. The molecule has 4 heterocycles. The van der Waals surface area contributed by atoms with E-state index in [0.29, 0.717) is 28.8 Å². The van der Waals surface area contributed by atoms with Gasteiger partial charge in [0.2, 0.25) is 0 Å². The van der Waals surface area contributed by atoms with Crippen molar-refractivity contribution in [3.05, 3.63) is 58.8 Å². The number of carbonyl (C=O) groups is 1. The highest BCUT2D eigenvalue weighted by Crippen LogP contribution is 2.43. The number of rotatable bonds is 5. The van der Waals surface area contributed by atoms with E-state index < -0.39 is 0 Å². The lowest BCUT2D eigenvalue weighted by Gasteiger charge is -2.27. The zero-order chi connectivity index (χ0) is 24.5. The van der Waals surface area contributed by atoms with Gasteiger partial charge in [-0.1, -0.05) is 0 Å². The summed E-state index contributed by atoms with van der Waals surface area (Å²) in [6.45, 7) is 8.62. The Kier molecular flexibility index (Phi) is 6.35. The van der Waals surface area contributed by atoms with Crippen molar-refractivity contribution in [1.82, 2.24) is 25.6 Å². The molecule has 1 saturated carbocycles. The Morgan fingerprint density at radius 2 is 2.09 bits per heavy atom. The summed E-state index contributed by atoms with van der Waals surface area (Å²) in [5.74, 6) is 0.264. The molecule has 3 aromatic heterocycles. The van der Waals surface area contributed by atoms with Crippen molar-refractivity contribution in [2.45, 2.75) is 58.0 Å². The topological polar surface area (TPSA) is 107 Å². The lowest BCUT2D eigenvalue weighted by molar-refractivity contribution is 0.0939. The van der Waals surface area contributed by atoms with Crippen LogP contribution >= 0.6 is 0 Å². The van der Waals surface area contributed by atoms with Gasteiger partial charge in [0.25, 0.3) is 5.91 Å². The molecule has 35 heavy (non-hydrogen) atoms. The van der Waals surface area contributed by atoms with Crippen LogP contribution in [0, 0.1) is 18.3 Å². The molecule has 2 N–H and O–H groups in total. The number of hydrogen-bond donors (Lipinski definition) is 2. The number of aryl methyl sites for hydroxylation is 1. The number of pyridine rings is 3. The Balaban J connectivity index is 1.57. The van der Waals surface area contributed by atoms with E-state index >= 15 is 0 Å². The molecule has 8 heteroatoms. The van der Waals surface area contributed by atoms with Crippen LogP contribution in [0.25, 0.3) is 10.9 Å². The summed E-state index contributed by atoms with van der Waals surface area (Å²) in [6.07, 6.45) is 6.58. The van der Waals surface area contributed by atoms with Gasteiger partial charge in [-0.05, 0) is 58.2 Å². The first-order chi connectivity index (χ1) is 16.9. The highest BCUT2D eigenvalue weighted by Gasteiger charge is 2.31. The third-order valence-electron chi connectivity index (χ3n) is 6.91. The molecular formula is C27H31N7O. The number of carbonyl (C=O) groups excluding carboxylic acids is 1. The summed E-state index contributed by atoms with van der Waals surface area (Å²) in [7, 11) is 0. The average molecular weight is 470 g/mol. The fraction of sp³-hybridized carbons (Fsp3) is 0.444. The fourth-order valence-electron chi connectivity index (χ4n) is 4.83. The lowest BCUT2D eigenvalue weighted by atomic mass is 10.0. The van der Waals surface area contributed by atoms with Gasteiger partial charge in [0.15, 0.2) is 0 Å². The van der Waals surface area contributed by atoms with Gasteiger partial charge in [-0.2, -0.15) is 5.26 Å². The molecule has 0 bridgehead atoms. The largest absolute Gasteiger partial charge is 0.369 e. The summed E-state index contributed by atoms with van der Waals surface area (Å²) >= 11 is 0. The van der Waals surface area contributed by atoms with Gasteiger partial charge < -0.3 is 15.5 Å². The second-order valence-corrected chi connectivity index (χ2v) is 9.75. The van der Waals surface area contributed by atoms with Gasteiger partial charge in [-0.15, -0.1) is 0 Å². The summed E-state index contributed by atoms with van der Waals surface area (Å²) in [5, 5.41) is 16.9. The summed E-state index contributed by atoms with van der Waals surface area (Å²) < 4.78 is 0. The highest BCUT2D eigenvalue weighted by atomic mass is 16.1. The van der Waals surface area contributed by atoms with Crippen molar-refractivity contribution in [3.63, 3.8) is 0 Å². The number of nitrogens with zero attached hydrogens (tertiary/aromatic N) is 5. The van der Waals surface area contributed by atoms with Gasteiger partial charge in [-0.25, -0.2) is 0 Å². The molecule has 0 unspecified atom stereocenters. The number of fused-ring (bicyclic) bond motifs is 1. The number of hydrogen-bond acceptors (Lipinski definition) is 7. The third-order valence-corrected chi connectivity index (χ3v) is 6.91. The van der Waals surface area contributed by atoms with Crippen LogP contribution in [0.5, 0.6) is 0 Å². The van der Waals surface area contributed by atoms with E-state index in [-0.39, 0.29) is 11.9 Å². The first-order valence-corrected chi connectivity index (χ1v) is 12.4. The van der Waals surface area contributed by atoms with Gasteiger partial charge in [0.05, 0.1) is 45.8 Å². The number of nitriles is 1. The smallest absolute Gasteiger partial charge is 0.255 e. The van der Waals surface area contributed by atoms with Gasteiger partial charge in [0, 0.05) is 55.1 Å². The molecule has 2 aliphatic rings. The molecule has 2 fully saturated rings. The van der Waals surface area contributed by atoms with Crippen LogP contribution in [-0.2, 0) is 0 Å². The van der Waals surface area contributed by atoms with Crippen LogP contribution in [0.15, 0.2) is 30.6 Å². The minimum atomic E-state index is -0.355. The Hall–Kier alpha value is -3.57. The van der Waals surface area contributed by atoms with Crippen LogP contribution in [0.1, 0.15) is 78.1 Å². The minimum Gasteiger partial charge on any atom is -0.369 e. The highest BCUT2D eigenvalue weighted by molar-refractivity contribution is 6.08. The Morgan fingerprint density at radius 3 is 2.86 bits per heavy atom. The summed E-state index contributed by atoms with van der Waals surface area (Å²) in [4.78, 5) is 29.9. The van der Waals surface area contributed by atoms with E-state index in [2.05, 4.69) is 39.6 Å². The quantitative estimate of drug-likeness (QED) is 0.586. The van der Waals surface area contributed by atoms with Gasteiger partial charge >= 0.3 is 0 Å². The van der Waals surface area contributed by atoms with E-state index in [1.165, 1.54) is 0 Å². The molecule has 0 radical (unpaired) electrons. The molecule has 1 aliphatic heterocycles. The van der Waals surface area contributed by atoms with Crippen LogP contribution in [-0.4, -0.2) is 46.5 Å².